The Morgan fingerprint density at radius 2 is 1.35 bits per heavy atom. The first kappa shape index (κ1) is 35.1. The largest absolute Gasteiger partial charge is 0.378 e. The van der Waals surface area contributed by atoms with Crippen LogP contribution >= 0.6 is 11.3 Å². The maximum Gasteiger partial charge on any atom is 0.228 e. The van der Waals surface area contributed by atoms with Crippen LogP contribution in [-0.4, -0.2) is 71.7 Å². The molecule has 0 N–H and O–H groups in total. The molecule has 2 fully saturated rings. The Balaban J connectivity index is 1.23. The molecule has 0 saturated carbocycles. The third-order valence-electron chi connectivity index (χ3n) is 9.88. The highest BCUT2D eigenvalue weighted by molar-refractivity contribution is 7.22. The number of hydrogen-bond donors (Lipinski definition) is 0. The minimum absolute atomic E-state index is 0.797. The summed E-state index contributed by atoms with van der Waals surface area (Å²) in [6.07, 6.45) is 22.1. The van der Waals surface area contributed by atoms with E-state index in [4.69, 9.17) is 14.5 Å². The van der Waals surface area contributed by atoms with Gasteiger partial charge in [-0.05, 0) is 37.1 Å². The Bertz CT molecular complexity index is 1370. The van der Waals surface area contributed by atoms with Gasteiger partial charge in [0.1, 0.15) is 18.9 Å². The van der Waals surface area contributed by atoms with Crippen molar-refractivity contribution in [3.05, 3.63) is 35.2 Å². The van der Waals surface area contributed by atoms with Gasteiger partial charge < -0.3 is 19.3 Å². The van der Waals surface area contributed by atoms with Crippen molar-refractivity contribution in [2.24, 2.45) is 0 Å². The van der Waals surface area contributed by atoms with Crippen molar-refractivity contribution in [3.8, 4) is 10.6 Å². The number of fused-ring (bicyclic) bond motifs is 2. The molecule has 5 rings (SSSR count). The lowest BCUT2D eigenvalue weighted by Crippen LogP contribution is -2.43. The van der Waals surface area contributed by atoms with Gasteiger partial charge in [-0.3, -0.25) is 0 Å². The molecule has 46 heavy (non-hydrogen) atoms. The van der Waals surface area contributed by atoms with Crippen molar-refractivity contribution in [1.29, 1.82) is 0 Å². The second kappa shape index (κ2) is 18.9. The summed E-state index contributed by atoms with van der Waals surface area (Å²) in [5.74, 6) is 0. The number of benzene rings is 2. The van der Waals surface area contributed by atoms with Gasteiger partial charge >= 0.3 is 0 Å². The van der Waals surface area contributed by atoms with E-state index in [2.05, 4.69) is 59.7 Å². The van der Waals surface area contributed by atoms with E-state index >= 15 is 0 Å². The first-order valence-electron chi connectivity index (χ1n) is 18.7. The van der Waals surface area contributed by atoms with Crippen LogP contribution in [0.15, 0.2) is 24.3 Å². The van der Waals surface area contributed by atoms with Crippen LogP contribution in [0, 0.1) is 0 Å². The highest BCUT2D eigenvalue weighted by atomic mass is 32.1. The minimum atomic E-state index is 0.797. The second-order valence-electron chi connectivity index (χ2n) is 13.7. The van der Waals surface area contributed by atoms with Crippen LogP contribution in [0.25, 0.3) is 20.8 Å². The Kier molecular flexibility index (Phi) is 14.5. The average Bonchev–Trinajstić information content (AvgIpc) is 3.09. The molecule has 0 unspecified atom stereocenters. The van der Waals surface area contributed by atoms with Crippen molar-refractivity contribution in [3.63, 3.8) is 0 Å². The fraction of sp³-hybridized carbons (Fsp3) is 0.692. The Hall–Kier alpha value is -2.22. The van der Waals surface area contributed by atoms with Gasteiger partial charge in [0.25, 0.3) is 0 Å². The molecule has 4 aliphatic rings. The number of morpholine rings is 2. The van der Waals surface area contributed by atoms with Crippen molar-refractivity contribution < 1.29 is 9.47 Å². The van der Waals surface area contributed by atoms with Crippen LogP contribution in [0.4, 0.5) is 11.4 Å². The van der Waals surface area contributed by atoms with E-state index in [0.29, 0.717) is 0 Å². The highest BCUT2D eigenvalue weighted by Crippen LogP contribution is 2.38. The summed E-state index contributed by atoms with van der Waals surface area (Å²) >= 11 is 1.90. The molecule has 3 aliphatic heterocycles. The van der Waals surface area contributed by atoms with Crippen molar-refractivity contribution in [1.82, 2.24) is 9.56 Å². The van der Waals surface area contributed by atoms with Crippen LogP contribution in [0.3, 0.4) is 0 Å². The van der Waals surface area contributed by atoms with Crippen LogP contribution in [0.5, 0.6) is 0 Å². The normalized spacial score (nSPS) is 15.7. The van der Waals surface area contributed by atoms with Crippen LogP contribution < -0.4 is 19.7 Å². The fourth-order valence-corrected chi connectivity index (χ4v) is 8.43. The Labute approximate surface area is 283 Å². The van der Waals surface area contributed by atoms with Gasteiger partial charge in [0.15, 0.2) is 13.1 Å². The molecule has 0 spiro atoms. The van der Waals surface area contributed by atoms with Crippen LogP contribution in [-0.2, 0) is 15.9 Å². The number of nitrogens with zero attached hydrogens (tertiary/aromatic N) is 4. The summed E-state index contributed by atoms with van der Waals surface area (Å²) in [6, 6.07) is 9.22. The van der Waals surface area contributed by atoms with Crippen molar-refractivity contribution in [2.45, 2.75) is 110 Å². The average molecular weight is 650 g/mol. The Morgan fingerprint density at radius 1 is 0.761 bits per heavy atom. The molecule has 1 aromatic carbocycles. The van der Waals surface area contributed by atoms with E-state index in [9.17, 15) is 0 Å². The van der Waals surface area contributed by atoms with E-state index in [1.54, 1.807) is 0 Å². The maximum absolute atomic E-state index is 5.79. The number of ether oxygens (including phenoxy) is 2. The lowest BCUT2D eigenvalue weighted by atomic mass is 10.00. The molecule has 0 aromatic heterocycles. The molecule has 0 atom stereocenters. The molecule has 1 aliphatic carbocycles. The first-order chi connectivity index (χ1) is 22.7. The predicted octanol–water partition coefficient (Wildman–Crippen LogP) is 8.52. The summed E-state index contributed by atoms with van der Waals surface area (Å²) in [5.41, 5.74) is 6.28. The molecule has 6 nitrogen and oxygen atoms in total. The number of hydrogen-bond acceptors (Lipinski definition) is 6. The predicted molar refractivity (Wildman–Crippen MR) is 198 cm³/mol. The molecule has 1 aromatic rings. The first-order valence-corrected chi connectivity index (χ1v) is 19.5. The Morgan fingerprint density at radius 3 is 1.96 bits per heavy atom. The zero-order valence-electron chi connectivity index (χ0n) is 29.3. The van der Waals surface area contributed by atoms with Crippen LogP contribution in [0.2, 0.25) is 0 Å². The summed E-state index contributed by atoms with van der Waals surface area (Å²) in [6.45, 7) is 9.29. The van der Waals surface area contributed by atoms with E-state index in [-0.39, 0.29) is 0 Å². The summed E-state index contributed by atoms with van der Waals surface area (Å²) in [5, 5.41) is 1.41. The van der Waals surface area contributed by atoms with Crippen LogP contribution in [0.1, 0.15) is 109 Å². The molecule has 0 radical (unpaired) electrons. The molecule has 3 heterocycles. The molecular formula is C39H61N4O2S+. The molecule has 0 bridgehead atoms. The van der Waals surface area contributed by atoms with E-state index in [1.807, 2.05) is 11.3 Å². The molecule has 7 heteroatoms. The van der Waals surface area contributed by atoms with Crippen molar-refractivity contribution in [2.75, 3.05) is 76.5 Å². The SMILES string of the molecule is CCCCCCCCCCCCCCCCCc1cc2nc3ccc(N4CCOCC4)cc3sc-2c(N(C)C)c1=[N+]1CCOCC1. The summed E-state index contributed by atoms with van der Waals surface area (Å²) in [7, 11) is 4.41. The van der Waals surface area contributed by atoms with E-state index in [1.165, 1.54) is 128 Å². The molecule has 254 valence electrons. The lowest BCUT2D eigenvalue weighted by Gasteiger charge is -2.29. The fourth-order valence-electron chi connectivity index (χ4n) is 7.23. The summed E-state index contributed by atoms with van der Waals surface area (Å²) < 4.78 is 15.2. The number of rotatable bonds is 18. The third kappa shape index (κ3) is 9.90. The van der Waals surface area contributed by atoms with Gasteiger partial charge in [0, 0.05) is 38.4 Å². The second-order valence-corrected chi connectivity index (χ2v) is 14.8. The topological polar surface area (TPSA) is 40.8 Å². The standard InChI is InChI=1S/C39H61N4O2S/c1-4-5-6-7-8-9-10-11-12-13-14-15-16-17-18-19-32-30-35-39(38(41(2)3)37(32)43-24-28-45-29-25-43)46-36-31-33(20-21-34(36)40-35)42-22-26-44-27-23-42/h20-21,30-31H,4-19,22-29H2,1-3H3/q+1. The monoisotopic (exact) mass is 649 g/mol. The quantitative estimate of drug-likeness (QED) is 0.0785. The van der Waals surface area contributed by atoms with Gasteiger partial charge in [-0.1, -0.05) is 96.8 Å². The summed E-state index contributed by atoms with van der Waals surface area (Å²) in [4.78, 5) is 11.3. The zero-order valence-corrected chi connectivity index (χ0v) is 30.1. The number of unbranched alkanes of at least 4 members (excludes halogenated alkanes) is 14. The van der Waals surface area contributed by atoms with E-state index in [0.717, 1.165) is 70.2 Å². The number of aryl methyl sites for hydroxylation is 1. The maximum atomic E-state index is 5.79. The van der Waals surface area contributed by atoms with Gasteiger partial charge in [-0.25, -0.2) is 9.56 Å². The van der Waals surface area contributed by atoms with E-state index < -0.39 is 0 Å². The molecule has 0 amide bonds. The molecular weight excluding hydrogens is 589 g/mol. The van der Waals surface area contributed by atoms with Crippen molar-refractivity contribution >= 4 is 32.9 Å². The minimum Gasteiger partial charge on any atom is -0.378 e. The number of aromatic nitrogens is 1. The van der Waals surface area contributed by atoms with Gasteiger partial charge in [0.05, 0.1) is 34.0 Å². The van der Waals surface area contributed by atoms with Gasteiger partial charge in [0.2, 0.25) is 5.36 Å². The third-order valence-corrected chi connectivity index (χ3v) is 11.0. The number of anilines is 2. The highest BCUT2D eigenvalue weighted by Gasteiger charge is 2.26. The zero-order chi connectivity index (χ0) is 32.0. The smallest absolute Gasteiger partial charge is 0.228 e. The van der Waals surface area contributed by atoms with Gasteiger partial charge in [-0.15, -0.1) is 11.3 Å². The molecule has 2 saturated heterocycles. The lowest BCUT2D eigenvalue weighted by molar-refractivity contribution is 0.0965. The van der Waals surface area contributed by atoms with Gasteiger partial charge in [-0.2, -0.15) is 0 Å².